The molecule has 1 amide bonds. The van der Waals surface area contributed by atoms with Gasteiger partial charge in [0.05, 0.1) is 0 Å². The third-order valence-electron chi connectivity index (χ3n) is 9.97. The summed E-state index contributed by atoms with van der Waals surface area (Å²) in [4.78, 5) is 16.1. The van der Waals surface area contributed by atoms with Gasteiger partial charge in [-0.05, 0) is 97.2 Å². The molecule has 36 heavy (non-hydrogen) atoms. The van der Waals surface area contributed by atoms with Crippen molar-refractivity contribution in [3.63, 3.8) is 0 Å². The fraction of sp³-hybridized carbons (Fsp3) is 0.367. The minimum atomic E-state index is -0.928. The van der Waals surface area contributed by atoms with E-state index in [9.17, 15) is 15.0 Å². The van der Waals surface area contributed by atoms with Gasteiger partial charge in [0.15, 0.2) is 0 Å². The van der Waals surface area contributed by atoms with Crippen molar-refractivity contribution in [3.8, 4) is 23.0 Å². The van der Waals surface area contributed by atoms with Gasteiger partial charge in [-0.15, -0.1) is 0 Å². The van der Waals surface area contributed by atoms with Crippen LogP contribution < -0.4 is 10.5 Å². The summed E-state index contributed by atoms with van der Waals surface area (Å²) in [6.45, 7) is 0.609. The zero-order chi connectivity index (χ0) is 24.4. The monoisotopic (exact) mass is 480 g/mol. The van der Waals surface area contributed by atoms with Crippen LogP contribution >= 0.6 is 0 Å². The number of anilines is 1. The molecule has 0 saturated heterocycles. The lowest BCUT2D eigenvalue weighted by Crippen LogP contribution is -2.69. The van der Waals surface area contributed by atoms with Gasteiger partial charge in [-0.3, -0.25) is 4.79 Å². The van der Waals surface area contributed by atoms with Crippen LogP contribution in [0.25, 0.3) is 0 Å². The molecule has 2 aliphatic heterocycles. The van der Waals surface area contributed by atoms with Crippen LogP contribution in [0.5, 0.6) is 23.0 Å². The molecule has 2 atom stereocenters. The van der Waals surface area contributed by atoms with Crippen LogP contribution in [0.4, 0.5) is 5.69 Å². The predicted molar refractivity (Wildman–Crippen MR) is 134 cm³/mol. The van der Waals surface area contributed by atoms with Crippen LogP contribution in [-0.2, 0) is 5.54 Å². The standard InChI is InChI=1S/C30H28N2O4/c31-18-2-5-22-21(11-18)28(35)32(9-1-8-29-14-16-10-17(15-29)27(16)29)30(22)23-6-3-19(33)12-25(23)36-26-13-20(34)4-7-24(26)30/h2-7,11-13,16-17,27,33-34H,1,8-10,14-15,31H2. The smallest absolute Gasteiger partial charge is 0.255 e. The molecule has 2 heterocycles. The number of hydrogen-bond donors (Lipinski definition) is 3. The van der Waals surface area contributed by atoms with Gasteiger partial charge < -0.3 is 25.6 Å². The van der Waals surface area contributed by atoms with Crippen LogP contribution in [0, 0.1) is 23.2 Å². The van der Waals surface area contributed by atoms with Gasteiger partial charge in [-0.2, -0.15) is 0 Å². The number of nitrogen functional groups attached to an aromatic ring is 1. The zero-order valence-corrected chi connectivity index (χ0v) is 19.9. The van der Waals surface area contributed by atoms with E-state index in [4.69, 9.17) is 10.5 Å². The van der Waals surface area contributed by atoms with Crippen molar-refractivity contribution in [3.05, 3.63) is 76.9 Å². The summed E-state index contributed by atoms with van der Waals surface area (Å²) in [7, 11) is 0. The highest BCUT2D eigenvalue weighted by atomic mass is 16.5. The Kier molecular flexibility index (Phi) is 3.73. The molecule has 3 saturated carbocycles. The Bertz CT molecular complexity index is 1420. The minimum Gasteiger partial charge on any atom is -0.508 e. The zero-order valence-electron chi connectivity index (χ0n) is 19.9. The average molecular weight is 481 g/mol. The summed E-state index contributed by atoms with van der Waals surface area (Å²) >= 11 is 0. The number of carbonyl (C=O) groups excluding carboxylic acids is 1. The van der Waals surface area contributed by atoms with Crippen LogP contribution in [-0.4, -0.2) is 27.6 Å². The van der Waals surface area contributed by atoms with Crippen molar-refractivity contribution in [2.24, 2.45) is 23.2 Å². The SMILES string of the molecule is Nc1ccc2c(c1)C(=O)N(CCCC13CC4CC(C1)C43)C21c2ccc(O)cc2Oc2cc(O)ccc21. The molecule has 5 aliphatic rings. The van der Waals surface area contributed by atoms with E-state index < -0.39 is 5.54 Å². The number of rotatable bonds is 4. The third kappa shape index (κ3) is 2.31. The van der Waals surface area contributed by atoms with E-state index in [1.54, 1.807) is 30.3 Å². The summed E-state index contributed by atoms with van der Waals surface area (Å²) in [6.07, 6.45) is 6.26. The second-order valence-corrected chi connectivity index (χ2v) is 11.6. The molecule has 1 spiro atoms. The topological polar surface area (TPSA) is 96.0 Å². The second-order valence-electron chi connectivity index (χ2n) is 11.6. The number of phenolic OH excluding ortho intramolecular Hbond substituents is 2. The van der Waals surface area contributed by atoms with E-state index >= 15 is 0 Å². The fourth-order valence-corrected chi connectivity index (χ4v) is 8.73. The van der Waals surface area contributed by atoms with E-state index in [0.29, 0.717) is 34.7 Å². The Balaban J connectivity index is 1.28. The molecular weight excluding hydrogens is 452 g/mol. The largest absolute Gasteiger partial charge is 0.508 e. The maximum absolute atomic E-state index is 14.1. The number of ether oxygens (including phenoxy) is 1. The first-order valence-electron chi connectivity index (χ1n) is 13.0. The average Bonchev–Trinajstić information content (AvgIpc) is 3.06. The van der Waals surface area contributed by atoms with Crippen LogP contribution in [0.3, 0.4) is 0 Å². The van der Waals surface area contributed by atoms with Gasteiger partial charge in [0.1, 0.15) is 28.5 Å². The first kappa shape index (κ1) is 20.5. The highest BCUT2D eigenvalue weighted by Crippen LogP contribution is 2.78. The molecule has 0 bridgehead atoms. The summed E-state index contributed by atoms with van der Waals surface area (Å²) in [5.41, 5.74) is 9.35. The maximum Gasteiger partial charge on any atom is 0.255 e. The van der Waals surface area contributed by atoms with Crippen molar-refractivity contribution in [2.45, 2.75) is 37.6 Å². The van der Waals surface area contributed by atoms with Crippen LogP contribution in [0.2, 0.25) is 0 Å². The third-order valence-corrected chi connectivity index (χ3v) is 9.97. The summed E-state index contributed by atoms with van der Waals surface area (Å²) in [6, 6.07) is 15.7. The number of fused-ring (bicyclic) bond motifs is 6. The van der Waals surface area contributed by atoms with Crippen molar-refractivity contribution in [1.82, 2.24) is 4.90 Å². The van der Waals surface area contributed by atoms with E-state index in [0.717, 1.165) is 47.3 Å². The second kappa shape index (κ2) is 6.55. The van der Waals surface area contributed by atoms with E-state index in [2.05, 4.69) is 0 Å². The molecule has 8 rings (SSSR count). The number of phenols is 2. The van der Waals surface area contributed by atoms with Crippen molar-refractivity contribution in [1.29, 1.82) is 0 Å². The number of nitrogens with zero attached hydrogens (tertiary/aromatic N) is 1. The fourth-order valence-electron chi connectivity index (χ4n) is 8.73. The maximum atomic E-state index is 14.1. The quantitative estimate of drug-likeness (QED) is 0.437. The van der Waals surface area contributed by atoms with Gasteiger partial charge >= 0.3 is 0 Å². The number of amides is 1. The lowest BCUT2D eigenvalue weighted by molar-refractivity contribution is -0.274. The molecule has 0 aromatic heterocycles. The lowest BCUT2D eigenvalue weighted by Gasteiger charge is -2.76. The molecule has 3 aliphatic carbocycles. The Hall–Kier alpha value is -3.67. The van der Waals surface area contributed by atoms with E-state index in [1.807, 2.05) is 29.2 Å². The number of benzene rings is 3. The predicted octanol–water partition coefficient (Wildman–Crippen LogP) is 5.36. The van der Waals surface area contributed by atoms with Gasteiger partial charge in [0, 0.05) is 41.1 Å². The van der Waals surface area contributed by atoms with Gasteiger partial charge in [0.25, 0.3) is 5.91 Å². The summed E-state index contributed by atoms with van der Waals surface area (Å²) < 4.78 is 6.19. The van der Waals surface area contributed by atoms with Gasteiger partial charge in [0.2, 0.25) is 0 Å². The molecule has 6 heteroatoms. The van der Waals surface area contributed by atoms with Crippen molar-refractivity contribution in [2.75, 3.05) is 12.3 Å². The first-order valence-corrected chi connectivity index (χ1v) is 13.0. The highest BCUT2D eigenvalue weighted by molar-refractivity contribution is 6.03. The normalized spacial score (nSPS) is 29.2. The lowest BCUT2D eigenvalue weighted by atomic mass is 9.28. The van der Waals surface area contributed by atoms with E-state index in [-0.39, 0.29) is 17.4 Å². The Morgan fingerprint density at radius 1 is 0.917 bits per heavy atom. The van der Waals surface area contributed by atoms with Gasteiger partial charge in [-0.1, -0.05) is 6.07 Å². The molecule has 6 nitrogen and oxygen atoms in total. The molecule has 2 unspecified atom stereocenters. The minimum absolute atomic E-state index is 0.0450. The Morgan fingerprint density at radius 2 is 1.56 bits per heavy atom. The number of aromatic hydroxyl groups is 2. The van der Waals surface area contributed by atoms with E-state index in [1.165, 1.54) is 19.3 Å². The molecule has 0 radical (unpaired) electrons. The molecule has 182 valence electrons. The number of carbonyl (C=O) groups is 1. The Morgan fingerprint density at radius 3 is 2.17 bits per heavy atom. The molecule has 3 fully saturated rings. The number of hydrogen-bond acceptors (Lipinski definition) is 5. The molecule has 3 aromatic rings. The molecular formula is C30H28N2O4. The van der Waals surface area contributed by atoms with Crippen molar-refractivity contribution < 1.29 is 19.7 Å². The first-order chi connectivity index (χ1) is 17.4. The van der Waals surface area contributed by atoms with Gasteiger partial charge in [-0.25, -0.2) is 0 Å². The van der Waals surface area contributed by atoms with Crippen LogP contribution in [0.15, 0.2) is 54.6 Å². The molecule has 3 aromatic carbocycles. The number of nitrogens with two attached hydrogens (primary N) is 1. The van der Waals surface area contributed by atoms with Crippen LogP contribution in [0.1, 0.15) is 59.2 Å². The highest BCUT2D eigenvalue weighted by Gasteiger charge is 2.70. The Labute approximate surface area is 209 Å². The summed E-state index contributed by atoms with van der Waals surface area (Å²) in [5.74, 6) is 3.94. The summed E-state index contributed by atoms with van der Waals surface area (Å²) in [5, 5.41) is 20.5. The molecule has 4 N–H and O–H groups in total. The van der Waals surface area contributed by atoms with Crippen molar-refractivity contribution >= 4 is 11.6 Å².